The molecular formula is C41H78NO8P. The normalized spacial score (nSPS) is 13.6. The Kier molecular flexibility index (Phi) is 37.1. The van der Waals surface area contributed by atoms with E-state index in [2.05, 4.69) is 38.2 Å². The van der Waals surface area contributed by atoms with E-state index in [1.165, 1.54) is 122 Å². The number of ether oxygens (including phenoxy) is 2. The van der Waals surface area contributed by atoms with Gasteiger partial charge in [-0.2, -0.15) is 0 Å². The molecule has 0 radical (unpaired) electrons. The van der Waals surface area contributed by atoms with E-state index in [9.17, 15) is 19.0 Å². The van der Waals surface area contributed by atoms with Gasteiger partial charge in [-0.25, -0.2) is 4.57 Å². The number of hydrogen-bond acceptors (Lipinski definition) is 8. The summed E-state index contributed by atoms with van der Waals surface area (Å²) in [6, 6.07) is 0. The van der Waals surface area contributed by atoms with Crippen LogP contribution in [-0.4, -0.2) is 49.3 Å². The molecule has 0 fully saturated rings. The fourth-order valence-electron chi connectivity index (χ4n) is 5.73. The van der Waals surface area contributed by atoms with Gasteiger partial charge >= 0.3 is 19.8 Å². The van der Waals surface area contributed by atoms with E-state index >= 15 is 0 Å². The summed E-state index contributed by atoms with van der Waals surface area (Å²) in [5, 5.41) is 0. The van der Waals surface area contributed by atoms with E-state index in [4.69, 9.17) is 24.3 Å². The van der Waals surface area contributed by atoms with Gasteiger partial charge < -0.3 is 20.1 Å². The van der Waals surface area contributed by atoms with Gasteiger partial charge in [0.2, 0.25) is 0 Å². The lowest BCUT2D eigenvalue weighted by Gasteiger charge is -2.19. The monoisotopic (exact) mass is 744 g/mol. The summed E-state index contributed by atoms with van der Waals surface area (Å²) in [6.07, 6.45) is 39.3. The van der Waals surface area contributed by atoms with Crippen LogP contribution in [0.5, 0.6) is 0 Å². The number of carbonyl (C=O) groups is 2. The predicted molar refractivity (Wildman–Crippen MR) is 211 cm³/mol. The number of rotatable bonds is 39. The van der Waals surface area contributed by atoms with E-state index in [1.807, 2.05) is 0 Å². The van der Waals surface area contributed by atoms with Crippen molar-refractivity contribution in [3.8, 4) is 0 Å². The topological polar surface area (TPSA) is 134 Å². The van der Waals surface area contributed by atoms with E-state index in [0.717, 1.165) is 38.5 Å². The molecule has 0 aliphatic rings. The quantitative estimate of drug-likeness (QED) is 0.0273. The Morgan fingerprint density at radius 2 is 1.04 bits per heavy atom. The number of carbonyl (C=O) groups excluding carboxylic acids is 2. The average Bonchev–Trinajstić information content (AvgIpc) is 3.11. The van der Waals surface area contributed by atoms with Crippen LogP contribution in [0, 0.1) is 0 Å². The summed E-state index contributed by atoms with van der Waals surface area (Å²) in [6.45, 7) is 3.69. The highest BCUT2D eigenvalue weighted by atomic mass is 31.2. The third-order valence-corrected chi connectivity index (χ3v) is 9.82. The van der Waals surface area contributed by atoms with Gasteiger partial charge in [0.05, 0.1) is 13.2 Å². The summed E-state index contributed by atoms with van der Waals surface area (Å²) < 4.78 is 32.7. The summed E-state index contributed by atoms with van der Waals surface area (Å²) in [4.78, 5) is 34.7. The van der Waals surface area contributed by atoms with Gasteiger partial charge in [-0.05, 0) is 38.5 Å². The first-order valence-electron chi connectivity index (χ1n) is 20.8. The lowest BCUT2D eigenvalue weighted by atomic mass is 10.0. The average molecular weight is 744 g/mol. The number of phosphoric acid groups is 1. The summed E-state index contributed by atoms with van der Waals surface area (Å²) in [7, 11) is -4.38. The molecule has 0 aromatic carbocycles. The zero-order valence-electron chi connectivity index (χ0n) is 32.8. The van der Waals surface area contributed by atoms with Gasteiger partial charge in [0.15, 0.2) is 6.10 Å². The fraction of sp³-hybridized carbons (Fsp3) is 0.854. The molecule has 0 aromatic heterocycles. The molecule has 2 atom stereocenters. The first-order valence-corrected chi connectivity index (χ1v) is 22.3. The van der Waals surface area contributed by atoms with E-state index in [0.29, 0.717) is 6.42 Å². The fourth-order valence-corrected chi connectivity index (χ4v) is 6.50. The highest BCUT2D eigenvalue weighted by Gasteiger charge is 2.25. The molecule has 51 heavy (non-hydrogen) atoms. The molecule has 0 bridgehead atoms. The standard InChI is InChI=1S/C41H78NO8P/c1-3-5-7-9-11-13-15-17-18-19-20-22-24-26-28-30-32-34-41(44)50-39(38-49-51(45,46)48-36-35-42)37-47-40(43)33-31-29-27-25-23-21-16-14-12-10-8-6-4-2/h20,22,26,28,39H,3-19,21,23-25,27,29-38,42H2,1-2H3,(H,45,46)/b22-20+,28-26+/t39-/m1/s1. The van der Waals surface area contributed by atoms with Gasteiger partial charge in [-0.15, -0.1) is 0 Å². The minimum absolute atomic E-state index is 0.0488. The van der Waals surface area contributed by atoms with Crippen LogP contribution in [0.2, 0.25) is 0 Å². The van der Waals surface area contributed by atoms with Crippen molar-refractivity contribution in [2.45, 2.75) is 200 Å². The zero-order valence-corrected chi connectivity index (χ0v) is 33.7. The van der Waals surface area contributed by atoms with Crippen molar-refractivity contribution in [2.75, 3.05) is 26.4 Å². The highest BCUT2D eigenvalue weighted by Crippen LogP contribution is 2.43. The Morgan fingerprint density at radius 1 is 0.588 bits per heavy atom. The number of phosphoric ester groups is 1. The van der Waals surface area contributed by atoms with Crippen molar-refractivity contribution >= 4 is 19.8 Å². The van der Waals surface area contributed by atoms with Gasteiger partial charge in [0.1, 0.15) is 6.61 Å². The number of hydrogen-bond donors (Lipinski definition) is 2. The second-order valence-corrected chi connectivity index (χ2v) is 15.3. The summed E-state index contributed by atoms with van der Waals surface area (Å²) in [5.41, 5.74) is 5.34. The second-order valence-electron chi connectivity index (χ2n) is 13.9. The Labute approximate surface area is 312 Å². The lowest BCUT2D eigenvalue weighted by Crippen LogP contribution is -2.29. The third kappa shape index (κ3) is 38.0. The van der Waals surface area contributed by atoms with Crippen molar-refractivity contribution in [1.82, 2.24) is 0 Å². The molecule has 9 nitrogen and oxygen atoms in total. The Balaban J connectivity index is 4.23. The van der Waals surface area contributed by atoms with Gasteiger partial charge in [0.25, 0.3) is 0 Å². The first-order chi connectivity index (χ1) is 24.8. The van der Waals surface area contributed by atoms with Crippen LogP contribution in [-0.2, 0) is 32.7 Å². The number of nitrogens with two attached hydrogens (primary N) is 1. The Morgan fingerprint density at radius 3 is 1.55 bits per heavy atom. The summed E-state index contributed by atoms with van der Waals surface area (Å²) >= 11 is 0. The maximum atomic E-state index is 12.5. The van der Waals surface area contributed by atoms with Crippen molar-refractivity contribution in [3.63, 3.8) is 0 Å². The molecule has 300 valence electrons. The highest BCUT2D eigenvalue weighted by molar-refractivity contribution is 7.47. The smallest absolute Gasteiger partial charge is 0.462 e. The van der Waals surface area contributed by atoms with Crippen molar-refractivity contribution in [2.24, 2.45) is 5.73 Å². The van der Waals surface area contributed by atoms with E-state index < -0.39 is 32.5 Å². The maximum absolute atomic E-state index is 12.5. The molecule has 3 N–H and O–H groups in total. The second kappa shape index (κ2) is 38.2. The molecule has 0 aliphatic carbocycles. The zero-order chi connectivity index (χ0) is 37.5. The predicted octanol–water partition coefficient (Wildman–Crippen LogP) is 11.6. The van der Waals surface area contributed by atoms with Crippen LogP contribution >= 0.6 is 7.82 Å². The van der Waals surface area contributed by atoms with Crippen LogP contribution in [0.4, 0.5) is 0 Å². The van der Waals surface area contributed by atoms with Crippen molar-refractivity contribution in [3.05, 3.63) is 24.3 Å². The van der Waals surface area contributed by atoms with Crippen LogP contribution in [0.25, 0.3) is 0 Å². The molecule has 0 aliphatic heterocycles. The molecule has 0 saturated heterocycles. The van der Waals surface area contributed by atoms with Crippen molar-refractivity contribution in [1.29, 1.82) is 0 Å². The van der Waals surface area contributed by atoms with Crippen LogP contribution < -0.4 is 5.73 Å². The Hall–Kier alpha value is -1.51. The van der Waals surface area contributed by atoms with Crippen LogP contribution in [0.15, 0.2) is 24.3 Å². The van der Waals surface area contributed by atoms with Gasteiger partial charge in [-0.3, -0.25) is 18.6 Å². The van der Waals surface area contributed by atoms with Crippen molar-refractivity contribution < 1.29 is 37.6 Å². The van der Waals surface area contributed by atoms with Crippen LogP contribution in [0.3, 0.4) is 0 Å². The minimum atomic E-state index is -4.38. The minimum Gasteiger partial charge on any atom is -0.462 e. The molecule has 1 unspecified atom stereocenters. The lowest BCUT2D eigenvalue weighted by molar-refractivity contribution is -0.161. The van der Waals surface area contributed by atoms with Crippen LogP contribution in [0.1, 0.15) is 194 Å². The third-order valence-electron chi connectivity index (χ3n) is 8.84. The molecule has 0 spiro atoms. The molecular weight excluding hydrogens is 665 g/mol. The molecule has 0 heterocycles. The molecule has 0 rings (SSSR count). The molecule has 0 saturated carbocycles. The Bertz CT molecular complexity index is 897. The summed E-state index contributed by atoms with van der Waals surface area (Å²) in [5.74, 6) is -0.876. The number of esters is 2. The molecule has 0 amide bonds. The molecule has 0 aromatic rings. The number of unbranched alkanes of at least 4 members (excludes halogenated alkanes) is 22. The van der Waals surface area contributed by atoms with Gasteiger partial charge in [0, 0.05) is 19.4 Å². The largest absolute Gasteiger partial charge is 0.472 e. The SMILES string of the molecule is CCCCCCCCCCC/C=C/C/C=C/CCCC(=O)O[C@H](COC(=O)CCCCCCCCCCCCCCC)COP(=O)(O)OCCN. The van der Waals surface area contributed by atoms with E-state index in [1.54, 1.807) is 0 Å². The van der Waals surface area contributed by atoms with Gasteiger partial charge in [-0.1, -0.05) is 167 Å². The van der Waals surface area contributed by atoms with E-state index in [-0.39, 0.29) is 32.6 Å². The first kappa shape index (κ1) is 49.5. The molecule has 10 heteroatoms. The maximum Gasteiger partial charge on any atom is 0.472 e. The number of allylic oxidation sites excluding steroid dienone is 4.